The minimum Gasteiger partial charge on any atom is -0.490 e. The fraction of sp³-hybridized carbons (Fsp3) is 0.526. The third kappa shape index (κ3) is 9.83. The van der Waals surface area contributed by atoms with E-state index in [0.717, 1.165) is 58.6 Å². The topological polar surface area (TPSA) is 171 Å². The van der Waals surface area contributed by atoms with Crippen molar-refractivity contribution >= 4 is 29.3 Å². The fourth-order valence-corrected chi connectivity index (χ4v) is 7.39. The predicted molar refractivity (Wildman–Crippen MR) is 194 cm³/mol. The van der Waals surface area contributed by atoms with Crippen molar-refractivity contribution in [1.82, 2.24) is 9.88 Å². The molecule has 1 aromatic heterocycles. The minimum atomic E-state index is -1.79. The normalized spacial score (nSPS) is 20.5. The molecule has 1 aliphatic heterocycles. The third-order valence-electron chi connectivity index (χ3n) is 9.68. The van der Waals surface area contributed by atoms with Crippen LogP contribution in [-0.4, -0.2) is 110 Å². The van der Waals surface area contributed by atoms with E-state index in [0.29, 0.717) is 30.2 Å². The largest absolute Gasteiger partial charge is 0.490 e. The SMILES string of the molecule is O=C(CCCSc1ccc(Cl)c(COC2(c3cnccc3-c3ccccc3OC3CC3)CC2)c1)N(C[C@H](O)[C@@H](O)[C@H](O)[C@H](O)CO)C1CCOOC1. The standard InChI is InChI=1S/C38H47ClN2O10S/c39-31-10-9-27(52-17-3-6-35(45)41(25-12-16-49-50-23-25)20-32(43)36(46)37(47)33(44)21-42)18-24(31)22-48-38(13-14-38)30-19-40-15-11-28(30)29-4-1-2-5-34(29)51-26-7-8-26/h1-2,4-5,9-11,15,18-19,25-26,32-33,36-37,42-44,46-47H,3,6-8,12-14,16-17,20-23H2/t25?,32-,33+,36+,37+/m0/s1. The number of rotatable bonds is 19. The molecule has 282 valence electrons. The lowest BCUT2D eigenvalue weighted by Crippen LogP contribution is -2.54. The highest BCUT2D eigenvalue weighted by Crippen LogP contribution is 2.53. The van der Waals surface area contributed by atoms with E-state index in [1.54, 1.807) is 18.0 Å². The Morgan fingerprint density at radius 2 is 1.81 bits per heavy atom. The van der Waals surface area contributed by atoms with Gasteiger partial charge in [0.1, 0.15) is 36.8 Å². The van der Waals surface area contributed by atoms with Gasteiger partial charge in [-0.2, -0.15) is 0 Å². The molecule has 0 bridgehead atoms. The molecule has 3 aliphatic rings. The van der Waals surface area contributed by atoms with Crippen LogP contribution in [0.2, 0.25) is 5.02 Å². The van der Waals surface area contributed by atoms with Crippen molar-refractivity contribution in [3.05, 3.63) is 77.1 Å². The second-order valence-electron chi connectivity index (χ2n) is 13.6. The number of aliphatic hydroxyl groups excluding tert-OH is 5. The number of amides is 1. The molecule has 1 amide bonds. The van der Waals surface area contributed by atoms with Crippen molar-refractivity contribution in [1.29, 1.82) is 0 Å². The van der Waals surface area contributed by atoms with Crippen LogP contribution >= 0.6 is 23.4 Å². The number of aromatic nitrogens is 1. The van der Waals surface area contributed by atoms with Gasteiger partial charge in [0.05, 0.1) is 37.6 Å². The van der Waals surface area contributed by atoms with E-state index in [1.165, 1.54) is 4.90 Å². The van der Waals surface area contributed by atoms with Crippen LogP contribution in [0.25, 0.3) is 11.1 Å². The molecule has 52 heavy (non-hydrogen) atoms. The zero-order valence-corrected chi connectivity index (χ0v) is 30.5. The Kier molecular flexibility index (Phi) is 13.5. The lowest BCUT2D eigenvalue weighted by Gasteiger charge is -2.36. The average Bonchev–Trinajstić information content (AvgIpc) is 4.13. The maximum absolute atomic E-state index is 13.4. The number of nitrogens with zero attached hydrogens (tertiary/aromatic N) is 2. The molecule has 0 spiro atoms. The number of ether oxygens (including phenoxy) is 2. The number of thioether (sulfide) groups is 1. The van der Waals surface area contributed by atoms with Crippen molar-refractivity contribution in [2.45, 2.75) is 98.6 Å². The van der Waals surface area contributed by atoms with E-state index in [2.05, 4.69) is 11.1 Å². The van der Waals surface area contributed by atoms with Gasteiger partial charge in [0.15, 0.2) is 0 Å². The highest BCUT2D eigenvalue weighted by molar-refractivity contribution is 7.99. The van der Waals surface area contributed by atoms with E-state index in [4.69, 9.17) is 36.0 Å². The molecule has 14 heteroatoms. The Morgan fingerprint density at radius 3 is 2.54 bits per heavy atom. The molecular weight excluding hydrogens is 712 g/mol. The summed E-state index contributed by atoms with van der Waals surface area (Å²) in [7, 11) is 0. The summed E-state index contributed by atoms with van der Waals surface area (Å²) in [4.78, 5) is 30.3. The minimum absolute atomic E-state index is 0.0895. The van der Waals surface area contributed by atoms with Gasteiger partial charge in [0.2, 0.25) is 5.91 Å². The summed E-state index contributed by atoms with van der Waals surface area (Å²) in [5.74, 6) is 1.25. The molecule has 3 aromatic rings. The number of halogens is 1. The Labute approximate surface area is 312 Å². The molecule has 5 N–H and O–H groups in total. The maximum Gasteiger partial charge on any atom is 0.223 e. The Balaban J connectivity index is 1.04. The van der Waals surface area contributed by atoms with Gasteiger partial charge in [0.25, 0.3) is 0 Å². The number of benzene rings is 2. The number of para-hydroxylation sites is 1. The maximum atomic E-state index is 13.4. The second-order valence-corrected chi connectivity index (χ2v) is 15.2. The summed E-state index contributed by atoms with van der Waals surface area (Å²) in [6.45, 7) is -0.419. The lowest BCUT2D eigenvalue weighted by atomic mass is 9.96. The molecular formula is C38H47ClN2O10S. The second kappa shape index (κ2) is 18.0. The molecule has 2 heterocycles. The summed E-state index contributed by atoms with van der Waals surface area (Å²) in [5.41, 5.74) is 3.52. The first kappa shape index (κ1) is 38.9. The summed E-state index contributed by atoms with van der Waals surface area (Å²) in [6.07, 6.45) is 2.28. The summed E-state index contributed by atoms with van der Waals surface area (Å²) in [5, 5.41) is 50.4. The number of hydrogen-bond donors (Lipinski definition) is 5. The number of hydrogen-bond acceptors (Lipinski definition) is 12. The molecule has 2 saturated carbocycles. The first-order valence-corrected chi connectivity index (χ1v) is 19.2. The van der Waals surface area contributed by atoms with Crippen molar-refractivity contribution < 1.29 is 49.6 Å². The van der Waals surface area contributed by atoms with Crippen LogP contribution in [-0.2, 0) is 31.5 Å². The third-order valence-corrected chi connectivity index (χ3v) is 11.1. The van der Waals surface area contributed by atoms with Gasteiger partial charge >= 0.3 is 0 Å². The molecule has 1 unspecified atom stereocenters. The van der Waals surface area contributed by atoms with Gasteiger partial charge in [-0.1, -0.05) is 29.8 Å². The molecule has 1 saturated heterocycles. The van der Waals surface area contributed by atoms with Crippen molar-refractivity contribution in [2.75, 3.05) is 32.1 Å². The van der Waals surface area contributed by atoms with E-state index >= 15 is 0 Å². The van der Waals surface area contributed by atoms with Gasteiger partial charge in [-0.05, 0) is 85.7 Å². The number of carbonyl (C=O) groups excluding carboxylic acids is 1. The quantitative estimate of drug-likeness (QED) is 0.0678. The number of aliphatic hydroxyl groups is 5. The first-order valence-electron chi connectivity index (χ1n) is 17.8. The van der Waals surface area contributed by atoms with Gasteiger partial charge in [0, 0.05) is 46.4 Å². The van der Waals surface area contributed by atoms with Crippen molar-refractivity contribution in [3.8, 4) is 16.9 Å². The van der Waals surface area contributed by atoms with Crippen molar-refractivity contribution in [3.63, 3.8) is 0 Å². The molecule has 6 rings (SSSR count). The molecule has 0 radical (unpaired) electrons. The first-order chi connectivity index (χ1) is 25.2. The fourth-order valence-electron chi connectivity index (χ4n) is 6.31. The zero-order valence-electron chi connectivity index (χ0n) is 28.9. The van der Waals surface area contributed by atoms with Crippen molar-refractivity contribution in [2.24, 2.45) is 0 Å². The van der Waals surface area contributed by atoms with Crippen LogP contribution < -0.4 is 4.74 Å². The number of pyridine rings is 1. The van der Waals surface area contributed by atoms with Gasteiger partial charge in [-0.25, -0.2) is 9.78 Å². The Morgan fingerprint density at radius 1 is 1.02 bits per heavy atom. The smallest absolute Gasteiger partial charge is 0.223 e. The Hall–Kier alpha value is -2.82. The monoisotopic (exact) mass is 758 g/mol. The lowest BCUT2D eigenvalue weighted by molar-refractivity contribution is -0.323. The molecule has 2 aliphatic carbocycles. The Bertz CT molecular complexity index is 1640. The number of carbonyl (C=O) groups is 1. The van der Waals surface area contributed by atoms with E-state index in [1.807, 2.05) is 48.7 Å². The highest BCUT2D eigenvalue weighted by atomic mass is 35.5. The highest BCUT2D eigenvalue weighted by Gasteiger charge is 2.48. The summed E-state index contributed by atoms with van der Waals surface area (Å²) in [6, 6.07) is 15.6. The van der Waals surface area contributed by atoms with Gasteiger partial charge in [-0.3, -0.25) is 9.78 Å². The van der Waals surface area contributed by atoms with Crippen LogP contribution in [0.1, 0.15) is 56.1 Å². The van der Waals surface area contributed by atoms with E-state index in [9.17, 15) is 25.2 Å². The molecule has 3 fully saturated rings. The van der Waals surface area contributed by atoms with Gasteiger partial charge < -0.3 is 39.9 Å². The summed E-state index contributed by atoms with van der Waals surface area (Å²) >= 11 is 8.24. The van der Waals surface area contributed by atoms with Crippen LogP contribution in [0.3, 0.4) is 0 Å². The molecule has 5 atom stereocenters. The molecule has 2 aromatic carbocycles. The van der Waals surface area contributed by atoms with Gasteiger partial charge in [-0.15, -0.1) is 11.8 Å². The summed E-state index contributed by atoms with van der Waals surface area (Å²) < 4.78 is 12.9. The van der Waals surface area contributed by atoms with Crippen LogP contribution in [0.5, 0.6) is 5.75 Å². The predicted octanol–water partition coefficient (Wildman–Crippen LogP) is 4.01. The van der Waals surface area contributed by atoms with Crippen LogP contribution in [0, 0.1) is 0 Å². The van der Waals surface area contributed by atoms with Crippen LogP contribution in [0.15, 0.2) is 65.8 Å². The average molecular weight is 759 g/mol. The molecule has 12 nitrogen and oxygen atoms in total. The van der Waals surface area contributed by atoms with Crippen LogP contribution in [0.4, 0.5) is 0 Å². The zero-order chi connectivity index (χ0) is 36.7. The van der Waals surface area contributed by atoms with E-state index < -0.39 is 42.7 Å². The van der Waals surface area contributed by atoms with E-state index in [-0.39, 0.29) is 38.2 Å².